The van der Waals surface area contributed by atoms with E-state index in [-0.39, 0.29) is 24.0 Å². The fourth-order valence-electron chi connectivity index (χ4n) is 4.74. The normalized spacial score (nSPS) is 61.5. The number of piperidine rings is 1. The quantitative estimate of drug-likeness (QED) is 0.587. The van der Waals surface area contributed by atoms with Crippen LogP contribution in [0.3, 0.4) is 0 Å². The van der Waals surface area contributed by atoms with Crippen molar-refractivity contribution >= 4 is 5.97 Å². The molecule has 4 fully saturated rings. The molecular formula is C12H13NO4. The third kappa shape index (κ3) is 0.766. The van der Waals surface area contributed by atoms with E-state index in [4.69, 9.17) is 9.57 Å². The van der Waals surface area contributed by atoms with Crippen LogP contribution in [0, 0.1) is 5.92 Å². The van der Waals surface area contributed by atoms with Crippen molar-refractivity contribution in [3.05, 3.63) is 11.6 Å². The Hall–Kier alpha value is -0.910. The first-order valence-electron chi connectivity index (χ1n) is 6.29. The van der Waals surface area contributed by atoms with E-state index in [1.54, 1.807) is 6.08 Å². The Labute approximate surface area is 97.9 Å². The SMILES string of the molecule is O=C1C=C2[C@@H]3[C@H]4ON5[C@@H]3CC[C@H]5[C@@]2(C[C@H]4O)O1. The average molecular weight is 235 g/mol. The molecule has 0 radical (unpaired) electrons. The molecule has 5 aliphatic rings. The molecule has 90 valence electrons. The number of hydrogen-bond acceptors (Lipinski definition) is 5. The van der Waals surface area contributed by atoms with Crippen molar-refractivity contribution in [2.75, 3.05) is 0 Å². The van der Waals surface area contributed by atoms with Crippen molar-refractivity contribution in [1.82, 2.24) is 5.06 Å². The van der Waals surface area contributed by atoms with E-state index >= 15 is 0 Å². The van der Waals surface area contributed by atoms with Crippen LogP contribution >= 0.6 is 0 Å². The van der Waals surface area contributed by atoms with Crippen molar-refractivity contribution < 1.29 is 19.5 Å². The molecule has 5 nitrogen and oxygen atoms in total. The highest BCUT2D eigenvalue weighted by molar-refractivity contribution is 5.87. The van der Waals surface area contributed by atoms with E-state index in [0.717, 1.165) is 18.4 Å². The lowest BCUT2D eigenvalue weighted by atomic mass is 9.66. The first kappa shape index (κ1) is 9.08. The summed E-state index contributed by atoms with van der Waals surface area (Å²) in [5, 5.41) is 12.2. The van der Waals surface area contributed by atoms with Gasteiger partial charge in [0.1, 0.15) is 6.10 Å². The van der Waals surface area contributed by atoms with Gasteiger partial charge >= 0.3 is 5.97 Å². The summed E-state index contributed by atoms with van der Waals surface area (Å²) in [4.78, 5) is 17.5. The summed E-state index contributed by atoms with van der Waals surface area (Å²) in [6, 6.07) is 0.456. The maximum absolute atomic E-state index is 11.6. The molecule has 0 aromatic rings. The molecule has 4 heterocycles. The first-order valence-corrected chi connectivity index (χ1v) is 6.29. The van der Waals surface area contributed by atoms with Crippen LogP contribution in [0.5, 0.6) is 0 Å². The Balaban J connectivity index is 1.80. The lowest BCUT2D eigenvalue weighted by Gasteiger charge is -2.47. The van der Waals surface area contributed by atoms with Crippen molar-refractivity contribution in [3.63, 3.8) is 0 Å². The van der Waals surface area contributed by atoms with Gasteiger partial charge in [0.2, 0.25) is 0 Å². The molecule has 7 atom stereocenters. The Morgan fingerprint density at radius 3 is 3.24 bits per heavy atom. The number of aliphatic hydroxyl groups is 1. The van der Waals surface area contributed by atoms with Gasteiger partial charge in [0.25, 0.3) is 0 Å². The van der Waals surface area contributed by atoms with Crippen LogP contribution in [0.15, 0.2) is 11.6 Å². The summed E-state index contributed by atoms with van der Waals surface area (Å²) in [6.45, 7) is 0. The predicted octanol–water partition coefficient (Wildman–Crippen LogP) is -0.250. The standard InChI is InChI=1S/C12H13NO4/c14-7-4-12-5(3-9(15)16-12)10-6-1-2-8(12)13(6)17-11(7)10/h3,6-8,10-11,14H,1-2,4H2/t6-,7-,8+,10+,11+,12+/m1/s1. The maximum atomic E-state index is 11.6. The summed E-state index contributed by atoms with van der Waals surface area (Å²) >= 11 is 0. The van der Waals surface area contributed by atoms with Crippen molar-refractivity contribution in [2.45, 2.75) is 49.2 Å². The van der Waals surface area contributed by atoms with Gasteiger partial charge in [-0.3, -0.25) is 4.84 Å². The second-order valence-corrected chi connectivity index (χ2v) is 5.80. The van der Waals surface area contributed by atoms with Gasteiger partial charge in [-0.2, -0.15) is 5.06 Å². The minimum Gasteiger partial charge on any atom is -0.449 e. The average Bonchev–Trinajstić information content (AvgIpc) is 2.84. The van der Waals surface area contributed by atoms with Crippen LogP contribution in [0.25, 0.3) is 0 Å². The molecule has 0 aromatic heterocycles. The Morgan fingerprint density at radius 2 is 2.35 bits per heavy atom. The number of carbonyl (C=O) groups is 1. The highest BCUT2D eigenvalue weighted by Gasteiger charge is 2.73. The number of ether oxygens (including phenoxy) is 1. The van der Waals surface area contributed by atoms with Gasteiger partial charge in [0, 0.05) is 24.5 Å². The van der Waals surface area contributed by atoms with Gasteiger partial charge in [0.15, 0.2) is 5.60 Å². The molecule has 17 heavy (non-hydrogen) atoms. The molecule has 0 spiro atoms. The van der Waals surface area contributed by atoms with Crippen LogP contribution in [0.1, 0.15) is 19.3 Å². The third-order valence-electron chi connectivity index (χ3n) is 5.22. The summed E-state index contributed by atoms with van der Waals surface area (Å²) in [5.41, 5.74) is 0.514. The van der Waals surface area contributed by atoms with Crippen molar-refractivity contribution in [1.29, 1.82) is 0 Å². The third-order valence-corrected chi connectivity index (χ3v) is 5.22. The summed E-state index contributed by atoms with van der Waals surface area (Å²) in [7, 11) is 0. The molecular weight excluding hydrogens is 222 g/mol. The molecule has 3 saturated heterocycles. The number of aliphatic hydroxyl groups excluding tert-OH is 1. The van der Waals surface area contributed by atoms with E-state index in [0.29, 0.717) is 12.5 Å². The lowest BCUT2D eigenvalue weighted by molar-refractivity contribution is -0.196. The van der Waals surface area contributed by atoms with E-state index in [1.165, 1.54) is 0 Å². The van der Waals surface area contributed by atoms with Gasteiger partial charge in [0.05, 0.1) is 12.1 Å². The Bertz CT molecular complexity index is 475. The van der Waals surface area contributed by atoms with Gasteiger partial charge in [-0.25, -0.2) is 4.79 Å². The van der Waals surface area contributed by atoms with Crippen molar-refractivity contribution in [3.8, 4) is 0 Å². The molecule has 5 rings (SSSR count). The molecule has 1 saturated carbocycles. The molecule has 5 heteroatoms. The van der Waals surface area contributed by atoms with E-state index in [2.05, 4.69) is 0 Å². The second kappa shape index (κ2) is 2.43. The topological polar surface area (TPSA) is 59.0 Å². The zero-order chi connectivity index (χ0) is 11.4. The molecule has 5 bridgehead atoms. The second-order valence-electron chi connectivity index (χ2n) is 5.80. The number of rotatable bonds is 0. The largest absolute Gasteiger partial charge is 0.449 e. The number of esters is 1. The van der Waals surface area contributed by atoms with E-state index in [1.807, 2.05) is 5.06 Å². The number of hydroxylamine groups is 2. The molecule has 1 unspecified atom stereocenters. The van der Waals surface area contributed by atoms with Crippen LogP contribution < -0.4 is 0 Å². The molecule has 1 aliphatic carbocycles. The molecule has 0 amide bonds. The van der Waals surface area contributed by atoms with Gasteiger partial charge in [-0.05, 0) is 18.4 Å². The van der Waals surface area contributed by atoms with Crippen molar-refractivity contribution in [2.24, 2.45) is 5.92 Å². The summed E-state index contributed by atoms with van der Waals surface area (Å²) < 4.78 is 5.61. The van der Waals surface area contributed by atoms with Gasteiger partial charge < -0.3 is 9.84 Å². The number of nitrogens with zero attached hydrogens (tertiary/aromatic N) is 1. The highest BCUT2D eigenvalue weighted by Crippen LogP contribution is 2.62. The van der Waals surface area contributed by atoms with Crippen LogP contribution in [-0.4, -0.2) is 46.0 Å². The first-order chi connectivity index (χ1) is 8.21. The molecule has 0 aromatic carbocycles. The van der Waals surface area contributed by atoms with Crippen LogP contribution in [0.2, 0.25) is 0 Å². The lowest BCUT2D eigenvalue weighted by Crippen LogP contribution is -2.60. The minimum absolute atomic E-state index is 0.114. The maximum Gasteiger partial charge on any atom is 0.331 e. The Morgan fingerprint density at radius 1 is 1.47 bits per heavy atom. The van der Waals surface area contributed by atoms with E-state index < -0.39 is 11.7 Å². The number of hydrogen-bond donors (Lipinski definition) is 1. The van der Waals surface area contributed by atoms with Crippen LogP contribution in [-0.2, 0) is 14.4 Å². The van der Waals surface area contributed by atoms with Gasteiger partial charge in [-0.15, -0.1) is 0 Å². The molecule has 4 aliphatic heterocycles. The Kier molecular flexibility index (Phi) is 1.30. The van der Waals surface area contributed by atoms with Crippen LogP contribution in [0.4, 0.5) is 0 Å². The zero-order valence-corrected chi connectivity index (χ0v) is 9.20. The summed E-state index contributed by atoms with van der Waals surface area (Å²) in [5.74, 6) is -0.0869. The van der Waals surface area contributed by atoms with Gasteiger partial charge in [-0.1, -0.05) is 0 Å². The minimum atomic E-state index is -0.582. The molecule has 1 N–H and O–H groups in total. The number of carbonyl (C=O) groups excluding carboxylic acids is 1. The fourth-order valence-corrected chi connectivity index (χ4v) is 4.74. The highest BCUT2D eigenvalue weighted by atomic mass is 16.7. The smallest absolute Gasteiger partial charge is 0.331 e. The predicted molar refractivity (Wildman–Crippen MR) is 54.5 cm³/mol. The summed E-state index contributed by atoms with van der Waals surface area (Å²) in [6.07, 6.45) is 3.54. The van der Waals surface area contributed by atoms with E-state index in [9.17, 15) is 9.90 Å². The monoisotopic (exact) mass is 235 g/mol. The fraction of sp³-hybridized carbons (Fsp3) is 0.750. The zero-order valence-electron chi connectivity index (χ0n) is 9.20.